The van der Waals surface area contributed by atoms with Crippen LogP contribution < -0.4 is 10.6 Å². The molecule has 0 aliphatic rings. The van der Waals surface area contributed by atoms with Gasteiger partial charge in [0, 0.05) is 0 Å². The van der Waals surface area contributed by atoms with Crippen molar-refractivity contribution in [1.82, 2.24) is 10.6 Å². The molecule has 0 bridgehead atoms. The molecule has 0 aliphatic carbocycles. The summed E-state index contributed by atoms with van der Waals surface area (Å²) in [6, 6.07) is 0. The molecule has 2 N–H and O–H groups in total. The van der Waals surface area contributed by atoms with Gasteiger partial charge in [-0.05, 0) is 32.6 Å². The van der Waals surface area contributed by atoms with E-state index in [-0.39, 0.29) is 0 Å². The number of hydrogen-bond acceptors (Lipinski definition) is 2. The second-order valence-electron chi connectivity index (χ2n) is 2.06. The van der Waals surface area contributed by atoms with Crippen LogP contribution >= 0.6 is 0 Å². The summed E-state index contributed by atoms with van der Waals surface area (Å²) in [5.41, 5.74) is 0. The van der Waals surface area contributed by atoms with E-state index in [2.05, 4.69) is 24.5 Å². The van der Waals surface area contributed by atoms with Crippen LogP contribution in [-0.2, 0) is 0 Å². The highest BCUT2D eigenvalue weighted by Crippen LogP contribution is 1.70. The first kappa shape index (κ1) is 8.92. The quantitative estimate of drug-likeness (QED) is 0.514. The normalized spacial score (nSPS) is 10.0. The zero-order valence-corrected chi connectivity index (χ0v) is 6.54. The lowest BCUT2D eigenvalue weighted by atomic mass is 10.4. The zero-order valence-electron chi connectivity index (χ0n) is 6.54. The summed E-state index contributed by atoms with van der Waals surface area (Å²) in [7, 11) is 0. The lowest BCUT2D eigenvalue weighted by molar-refractivity contribution is 0.619. The molecule has 0 aromatic rings. The summed E-state index contributed by atoms with van der Waals surface area (Å²) < 4.78 is 0. The predicted octanol–water partition coefficient (Wildman–Crippen LogP) is 0.595. The van der Waals surface area contributed by atoms with Gasteiger partial charge in [-0.25, -0.2) is 0 Å². The predicted molar refractivity (Wildman–Crippen MR) is 41.7 cm³/mol. The molecule has 0 spiro atoms. The molecule has 0 saturated heterocycles. The molecular weight excluding hydrogens is 112 g/mol. The molecule has 2 heteroatoms. The van der Waals surface area contributed by atoms with Crippen LogP contribution in [0.15, 0.2) is 0 Å². The highest BCUT2D eigenvalue weighted by atomic mass is 14.9. The van der Waals surface area contributed by atoms with Crippen molar-refractivity contribution in [3.8, 4) is 0 Å². The molecule has 0 aliphatic heterocycles. The molecule has 0 aromatic heterocycles. The van der Waals surface area contributed by atoms with Gasteiger partial charge >= 0.3 is 0 Å². The van der Waals surface area contributed by atoms with E-state index in [1.54, 1.807) is 0 Å². The molecule has 56 valence electrons. The minimum Gasteiger partial charge on any atom is -0.317 e. The average molecular weight is 130 g/mol. The van der Waals surface area contributed by atoms with Crippen molar-refractivity contribution in [2.24, 2.45) is 0 Å². The van der Waals surface area contributed by atoms with E-state index in [9.17, 15) is 0 Å². The van der Waals surface area contributed by atoms with Crippen LogP contribution in [0.5, 0.6) is 0 Å². The third-order valence-corrected chi connectivity index (χ3v) is 1.21. The van der Waals surface area contributed by atoms with Crippen molar-refractivity contribution in [3.05, 3.63) is 0 Å². The van der Waals surface area contributed by atoms with Crippen molar-refractivity contribution in [1.29, 1.82) is 0 Å². The standard InChI is InChI=1S/C7H18N2/c1-3-8-6-5-7-9-4-2/h8-9H,3-7H2,1-2H3. The average Bonchev–Trinajstić information content (AvgIpc) is 1.89. The Bertz CT molecular complexity index is 40.2. The molecule has 9 heavy (non-hydrogen) atoms. The second-order valence-corrected chi connectivity index (χ2v) is 2.06. The van der Waals surface area contributed by atoms with Crippen molar-refractivity contribution in [2.75, 3.05) is 26.2 Å². The highest BCUT2D eigenvalue weighted by Gasteiger charge is 1.82. The number of rotatable bonds is 6. The van der Waals surface area contributed by atoms with Gasteiger partial charge in [0.2, 0.25) is 0 Å². The first-order valence-electron chi connectivity index (χ1n) is 3.83. The maximum absolute atomic E-state index is 3.27. The summed E-state index contributed by atoms with van der Waals surface area (Å²) in [6.07, 6.45) is 1.24. The topological polar surface area (TPSA) is 24.1 Å². The molecule has 0 atom stereocenters. The molecule has 0 fully saturated rings. The Kier molecular flexibility index (Phi) is 7.85. The smallest absolute Gasteiger partial charge is 0.00369 e. The van der Waals surface area contributed by atoms with Gasteiger partial charge in [-0.2, -0.15) is 0 Å². The van der Waals surface area contributed by atoms with E-state index < -0.39 is 0 Å². The molecule has 0 unspecified atom stereocenters. The maximum Gasteiger partial charge on any atom is -0.00369 e. The van der Waals surface area contributed by atoms with Gasteiger partial charge in [0.05, 0.1) is 0 Å². The summed E-state index contributed by atoms with van der Waals surface area (Å²) in [6.45, 7) is 8.73. The van der Waals surface area contributed by atoms with Crippen LogP contribution in [0.25, 0.3) is 0 Å². The summed E-state index contributed by atoms with van der Waals surface area (Å²) in [4.78, 5) is 0. The van der Waals surface area contributed by atoms with Crippen molar-refractivity contribution < 1.29 is 0 Å². The Balaban J connectivity index is 2.60. The third kappa shape index (κ3) is 7.92. The van der Waals surface area contributed by atoms with E-state index in [0.717, 1.165) is 26.2 Å². The summed E-state index contributed by atoms with van der Waals surface area (Å²) >= 11 is 0. The molecule has 0 radical (unpaired) electrons. The monoisotopic (exact) mass is 130 g/mol. The highest BCUT2D eigenvalue weighted by molar-refractivity contribution is 4.47. The Hall–Kier alpha value is -0.0800. The van der Waals surface area contributed by atoms with Gasteiger partial charge in [0.25, 0.3) is 0 Å². The Morgan fingerprint density at radius 1 is 0.889 bits per heavy atom. The van der Waals surface area contributed by atoms with E-state index in [0.29, 0.717) is 0 Å². The molecule has 0 amide bonds. The van der Waals surface area contributed by atoms with Crippen LogP contribution in [0, 0.1) is 0 Å². The maximum atomic E-state index is 3.27. The fourth-order valence-electron chi connectivity index (χ4n) is 0.692. The van der Waals surface area contributed by atoms with Crippen molar-refractivity contribution >= 4 is 0 Å². The van der Waals surface area contributed by atoms with Gasteiger partial charge in [-0.3, -0.25) is 0 Å². The van der Waals surface area contributed by atoms with E-state index in [1.807, 2.05) is 0 Å². The molecular formula is C7H18N2. The van der Waals surface area contributed by atoms with Crippen LogP contribution in [0.2, 0.25) is 0 Å². The van der Waals surface area contributed by atoms with Crippen LogP contribution in [0.1, 0.15) is 20.3 Å². The SMILES string of the molecule is CCNCCCNCC. The summed E-state index contributed by atoms with van der Waals surface area (Å²) in [5.74, 6) is 0. The van der Waals surface area contributed by atoms with Crippen molar-refractivity contribution in [3.63, 3.8) is 0 Å². The first-order chi connectivity index (χ1) is 4.41. The first-order valence-corrected chi connectivity index (χ1v) is 3.83. The zero-order chi connectivity index (χ0) is 6.95. The molecule has 2 nitrogen and oxygen atoms in total. The Labute approximate surface area is 58.0 Å². The minimum absolute atomic E-state index is 1.09. The van der Waals surface area contributed by atoms with Gasteiger partial charge in [0.1, 0.15) is 0 Å². The lowest BCUT2D eigenvalue weighted by Gasteiger charge is -2.00. The van der Waals surface area contributed by atoms with Crippen LogP contribution in [0.3, 0.4) is 0 Å². The van der Waals surface area contributed by atoms with E-state index in [4.69, 9.17) is 0 Å². The second kappa shape index (κ2) is 7.92. The van der Waals surface area contributed by atoms with Gasteiger partial charge in [-0.1, -0.05) is 13.8 Å². The Morgan fingerprint density at radius 2 is 1.33 bits per heavy atom. The van der Waals surface area contributed by atoms with E-state index in [1.165, 1.54) is 6.42 Å². The van der Waals surface area contributed by atoms with Crippen LogP contribution in [0.4, 0.5) is 0 Å². The third-order valence-electron chi connectivity index (χ3n) is 1.21. The van der Waals surface area contributed by atoms with Crippen LogP contribution in [-0.4, -0.2) is 26.2 Å². The minimum atomic E-state index is 1.09. The molecule has 0 rings (SSSR count). The largest absolute Gasteiger partial charge is 0.317 e. The van der Waals surface area contributed by atoms with Gasteiger partial charge < -0.3 is 10.6 Å². The molecule has 0 heterocycles. The fourth-order valence-corrected chi connectivity index (χ4v) is 0.692. The molecule has 0 aromatic carbocycles. The van der Waals surface area contributed by atoms with Gasteiger partial charge in [0.15, 0.2) is 0 Å². The number of nitrogens with one attached hydrogen (secondary N) is 2. The molecule has 0 saturated carbocycles. The summed E-state index contributed by atoms with van der Waals surface area (Å²) in [5, 5.41) is 6.53. The van der Waals surface area contributed by atoms with E-state index >= 15 is 0 Å². The van der Waals surface area contributed by atoms with Crippen molar-refractivity contribution in [2.45, 2.75) is 20.3 Å². The fraction of sp³-hybridized carbons (Fsp3) is 1.00. The lowest BCUT2D eigenvalue weighted by Crippen LogP contribution is -2.21. The Morgan fingerprint density at radius 3 is 1.67 bits per heavy atom. The number of hydrogen-bond donors (Lipinski definition) is 2. The van der Waals surface area contributed by atoms with Gasteiger partial charge in [-0.15, -0.1) is 0 Å².